The van der Waals surface area contributed by atoms with Crippen LogP contribution >= 0.6 is 0 Å². The minimum Gasteiger partial charge on any atom is -0.289 e. The molecule has 0 saturated carbocycles. The molecular weight excluding hydrogens is 344 g/mol. The van der Waals surface area contributed by atoms with Crippen molar-refractivity contribution in [2.75, 3.05) is 0 Å². The van der Waals surface area contributed by atoms with Crippen molar-refractivity contribution in [3.05, 3.63) is 118 Å². The van der Waals surface area contributed by atoms with Gasteiger partial charge in [0.15, 0.2) is 11.6 Å². The summed E-state index contributed by atoms with van der Waals surface area (Å²) >= 11 is 0. The molecule has 3 aromatic carbocycles. The number of aryl methyl sites for hydroxylation is 1. The van der Waals surface area contributed by atoms with E-state index in [-0.39, 0.29) is 11.6 Å². The first kappa shape index (κ1) is 17.9. The summed E-state index contributed by atoms with van der Waals surface area (Å²) < 4.78 is 0. The van der Waals surface area contributed by atoms with Crippen LogP contribution in [0.3, 0.4) is 0 Å². The molecular formula is C26H20O2. The molecule has 0 unspecified atom stereocenters. The average molecular weight is 364 g/mol. The van der Waals surface area contributed by atoms with Crippen LogP contribution in [0.5, 0.6) is 0 Å². The van der Waals surface area contributed by atoms with Gasteiger partial charge in [-0.05, 0) is 35.6 Å². The molecule has 0 bridgehead atoms. The second-order valence-corrected chi connectivity index (χ2v) is 6.90. The summed E-state index contributed by atoms with van der Waals surface area (Å²) in [4.78, 5) is 25.5. The van der Waals surface area contributed by atoms with Crippen molar-refractivity contribution in [1.82, 2.24) is 0 Å². The van der Waals surface area contributed by atoms with E-state index in [1.165, 1.54) is 0 Å². The minimum absolute atomic E-state index is 0.0649. The Morgan fingerprint density at radius 2 is 1.32 bits per heavy atom. The zero-order valence-corrected chi connectivity index (χ0v) is 15.5. The molecule has 1 aliphatic rings. The van der Waals surface area contributed by atoms with Crippen LogP contribution < -0.4 is 0 Å². The van der Waals surface area contributed by atoms with Gasteiger partial charge in [-0.1, -0.05) is 85.5 Å². The zero-order chi connectivity index (χ0) is 19.5. The summed E-state index contributed by atoms with van der Waals surface area (Å²) in [5, 5.41) is 0. The normalized spacial score (nSPS) is 12.7. The van der Waals surface area contributed by atoms with Crippen LogP contribution in [0.15, 0.2) is 79.4 Å². The molecule has 0 fully saturated rings. The fraction of sp³-hybridized carbons (Fsp3) is 0.0769. The predicted molar refractivity (Wildman–Crippen MR) is 114 cm³/mol. The summed E-state index contributed by atoms with van der Waals surface area (Å²) in [5.74, 6) is -0.135. The molecule has 0 N–H and O–H groups in total. The average Bonchev–Trinajstić information content (AvgIpc) is 2.75. The van der Waals surface area contributed by atoms with Gasteiger partial charge in [-0.25, -0.2) is 0 Å². The van der Waals surface area contributed by atoms with Gasteiger partial charge >= 0.3 is 0 Å². The molecule has 0 amide bonds. The van der Waals surface area contributed by atoms with E-state index < -0.39 is 0 Å². The zero-order valence-electron chi connectivity index (χ0n) is 15.5. The molecule has 2 nitrogen and oxygen atoms in total. The van der Waals surface area contributed by atoms with E-state index in [0.717, 1.165) is 29.5 Å². The number of ketones is 2. The van der Waals surface area contributed by atoms with Gasteiger partial charge in [0.05, 0.1) is 0 Å². The van der Waals surface area contributed by atoms with E-state index in [4.69, 9.17) is 0 Å². The molecule has 4 rings (SSSR count). The second-order valence-electron chi connectivity index (χ2n) is 6.90. The van der Waals surface area contributed by atoms with E-state index in [1.807, 2.05) is 30.3 Å². The van der Waals surface area contributed by atoms with Crippen molar-refractivity contribution >= 4 is 23.7 Å². The van der Waals surface area contributed by atoms with Gasteiger partial charge in [-0.3, -0.25) is 9.59 Å². The Morgan fingerprint density at radius 1 is 0.714 bits per heavy atom. The predicted octanol–water partition coefficient (Wildman–Crippen LogP) is 5.75. The van der Waals surface area contributed by atoms with E-state index in [9.17, 15) is 9.59 Å². The number of carbonyl (C=O) groups excluding carboxylic acids is 2. The Kier molecular flexibility index (Phi) is 4.86. The third-order valence-corrected chi connectivity index (χ3v) is 5.07. The highest BCUT2D eigenvalue weighted by atomic mass is 16.1. The summed E-state index contributed by atoms with van der Waals surface area (Å²) in [6, 6.07) is 20.9. The lowest BCUT2D eigenvalue weighted by atomic mass is 9.83. The lowest BCUT2D eigenvalue weighted by Gasteiger charge is -2.17. The number of carbonyl (C=O) groups is 2. The molecule has 2 heteroatoms. The lowest BCUT2D eigenvalue weighted by Crippen LogP contribution is -2.20. The molecule has 3 aromatic rings. The Labute approximate surface area is 164 Å². The van der Waals surface area contributed by atoms with Crippen LogP contribution in [0.4, 0.5) is 0 Å². The molecule has 0 radical (unpaired) electrons. The first-order chi connectivity index (χ1) is 13.7. The quantitative estimate of drug-likeness (QED) is 0.452. The van der Waals surface area contributed by atoms with Crippen LogP contribution in [-0.2, 0) is 6.42 Å². The fourth-order valence-electron chi connectivity index (χ4n) is 3.51. The Bertz CT molecular complexity index is 1100. The highest BCUT2D eigenvalue weighted by molar-refractivity contribution is 6.28. The smallest absolute Gasteiger partial charge is 0.194 e. The van der Waals surface area contributed by atoms with Crippen molar-refractivity contribution in [2.24, 2.45) is 0 Å². The molecule has 0 aliphatic heterocycles. The van der Waals surface area contributed by atoms with Gasteiger partial charge in [0.25, 0.3) is 0 Å². The molecule has 0 atom stereocenters. The number of allylic oxidation sites excluding steroid dienone is 1. The third kappa shape index (κ3) is 3.37. The number of hydrogen-bond donors (Lipinski definition) is 0. The lowest BCUT2D eigenvalue weighted by molar-refractivity contribution is 0.0979. The summed E-state index contributed by atoms with van der Waals surface area (Å²) in [5.41, 5.74) is 5.33. The van der Waals surface area contributed by atoms with Gasteiger partial charge in [0.1, 0.15) is 0 Å². The molecule has 0 spiro atoms. The van der Waals surface area contributed by atoms with Gasteiger partial charge in [0, 0.05) is 22.3 Å². The highest BCUT2D eigenvalue weighted by Gasteiger charge is 2.29. The van der Waals surface area contributed by atoms with Crippen molar-refractivity contribution < 1.29 is 9.59 Å². The molecule has 1 aliphatic carbocycles. The maximum Gasteiger partial charge on any atom is 0.194 e. The van der Waals surface area contributed by atoms with Crippen molar-refractivity contribution in [2.45, 2.75) is 12.8 Å². The SMILES string of the molecule is C=Cc1ccc(/C=C/CCc2ccc3c(c2)C(=O)c2ccccc2C3=O)cc1. The maximum absolute atomic E-state index is 12.8. The Balaban J connectivity index is 1.48. The van der Waals surface area contributed by atoms with Gasteiger partial charge < -0.3 is 0 Å². The highest BCUT2D eigenvalue weighted by Crippen LogP contribution is 2.28. The van der Waals surface area contributed by atoms with E-state index >= 15 is 0 Å². The number of fused-ring (bicyclic) bond motifs is 2. The summed E-state index contributed by atoms with van der Waals surface area (Å²) in [6.07, 6.45) is 7.73. The van der Waals surface area contributed by atoms with Crippen molar-refractivity contribution in [3.63, 3.8) is 0 Å². The topological polar surface area (TPSA) is 34.1 Å². The Morgan fingerprint density at radius 3 is 2.00 bits per heavy atom. The standard InChI is InChI=1S/C26H20O2/c1-2-18-11-13-19(14-12-18)7-3-4-8-20-15-16-23-24(17-20)26(28)22-10-6-5-9-21(22)25(23)27/h2-3,5-7,9-17H,1,4,8H2/b7-3+. The minimum atomic E-state index is -0.0698. The number of benzene rings is 3. The van der Waals surface area contributed by atoms with Gasteiger partial charge in [-0.15, -0.1) is 0 Å². The monoisotopic (exact) mass is 364 g/mol. The molecule has 0 heterocycles. The van der Waals surface area contributed by atoms with Crippen LogP contribution in [0, 0.1) is 0 Å². The van der Waals surface area contributed by atoms with Crippen LogP contribution in [0.25, 0.3) is 12.2 Å². The molecule has 0 saturated heterocycles. The van der Waals surface area contributed by atoms with Crippen molar-refractivity contribution in [1.29, 1.82) is 0 Å². The van der Waals surface area contributed by atoms with Crippen LogP contribution in [-0.4, -0.2) is 11.6 Å². The van der Waals surface area contributed by atoms with Crippen molar-refractivity contribution in [3.8, 4) is 0 Å². The van der Waals surface area contributed by atoms with Gasteiger partial charge in [-0.2, -0.15) is 0 Å². The summed E-state index contributed by atoms with van der Waals surface area (Å²) in [6.45, 7) is 3.76. The first-order valence-electron chi connectivity index (χ1n) is 9.38. The Hall–Kier alpha value is -3.52. The fourth-order valence-corrected chi connectivity index (χ4v) is 3.51. The molecule has 136 valence electrons. The molecule has 0 aromatic heterocycles. The van der Waals surface area contributed by atoms with E-state index in [2.05, 4.69) is 30.9 Å². The summed E-state index contributed by atoms with van der Waals surface area (Å²) in [7, 11) is 0. The third-order valence-electron chi connectivity index (χ3n) is 5.07. The van der Waals surface area contributed by atoms with Crippen LogP contribution in [0.1, 0.15) is 55.0 Å². The first-order valence-corrected chi connectivity index (χ1v) is 9.38. The largest absolute Gasteiger partial charge is 0.289 e. The number of hydrogen-bond acceptors (Lipinski definition) is 2. The van der Waals surface area contributed by atoms with Crippen LogP contribution in [0.2, 0.25) is 0 Å². The second kappa shape index (κ2) is 7.61. The van der Waals surface area contributed by atoms with Gasteiger partial charge in [0.2, 0.25) is 0 Å². The van der Waals surface area contributed by atoms with E-state index in [0.29, 0.717) is 22.3 Å². The molecule has 28 heavy (non-hydrogen) atoms. The van der Waals surface area contributed by atoms with E-state index in [1.54, 1.807) is 30.3 Å². The number of rotatable bonds is 5. The maximum atomic E-state index is 12.8.